The number of halogens is 3. The van der Waals surface area contributed by atoms with Gasteiger partial charge in [-0.15, -0.1) is 11.3 Å². The largest absolute Gasteiger partial charge is 0.217 e. The molecule has 0 unspecified atom stereocenters. The zero-order valence-corrected chi connectivity index (χ0v) is 13.0. The first-order valence-corrected chi connectivity index (χ1v) is 7.43. The van der Waals surface area contributed by atoms with Gasteiger partial charge in [0.25, 0.3) is 0 Å². The molecule has 0 aliphatic carbocycles. The van der Waals surface area contributed by atoms with E-state index >= 15 is 0 Å². The van der Waals surface area contributed by atoms with Gasteiger partial charge in [-0.2, -0.15) is 0 Å². The molecule has 3 aromatic rings. The molecule has 0 amide bonds. The number of aryl methyl sites for hydroxylation is 2. The maximum Gasteiger partial charge on any atom is 0.165 e. The van der Waals surface area contributed by atoms with Crippen molar-refractivity contribution in [3.8, 4) is 11.4 Å². The minimum atomic E-state index is -0.460. The molecule has 0 N–H and O–H groups in total. The predicted octanol–water partition coefficient (Wildman–Crippen LogP) is 5.42. The van der Waals surface area contributed by atoms with Crippen LogP contribution >= 0.6 is 34.5 Å². The van der Waals surface area contributed by atoms with Crippen LogP contribution in [-0.2, 0) is 0 Å². The Morgan fingerprint density at radius 3 is 2.60 bits per heavy atom. The van der Waals surface area contributed by atoms with E-state index < -0.39 is 5.82 Å². The van der Waals surface area contributed by atoms with E-state index in [1.807, 2.05) is 13.8 Å². The third kappa shape index (κ3) is 2.18. The molecule has 2 nitrogen and oxygen atoms in total. The minimum Gasteiger partial charge on any atom is -0.217 e. The van der Waals surface area contributed by atoms with Crippen LogP contribution in [0.15, 0.2) is 18.2 Å². The van der Waals surface area contributed by atoms with Crippen molar-refractivity contribution in [2.75, 3.05) is 0 Å². The van der Waals surface area contributed by atoms with Crippen LogP contribution in [0.25, 0.3) is 21.6 Å². The molecular formula is C14H9Cl2FN2S. The Bertz CT molecular complexity index is 830. The Morgan fingerprint density at radius 1 is 1.15 bits per heavy atom. The average Bonchev–Trinajstić information content (AvgIpc) is 2.65. The van der Waals surface area contributed by atoms with Gasteiger partial charge in [0.05, 0.1) is 10.9 Å². The second kappa shape index (κ2) is 4.95. The molecule has 0 fully saturated rings. The molecule has 6 heteroatoms. The number of hydrogen-bond acceptors (Lipinski definition) is 3. The van der Waals surface area contributed by atoms with Crippen molar-refractivity contribution < 1.29 is 4.39 Å². The van der Waals surface area contributed by atoms with E-state index in [1.54, 1.807) is 12.1 Å². The monoisotopic (exact) mass is 326 g/mol. The second-order valence-electron chi connectivity index (χ2n) is 4.43. The summed E-state index contributed by atoms with van der Waals surface area (Å²) in [5.74, 6) is -0.184. The summed E-state index contributed by atoms with van der Waals surface area (Å²) in [6.07, 6.45) is 0. The Kier molecular flexibility index (Phi) is 3.40. The van der Waals surface area contributed by atoms with Crippen molar-refractivity contribution in [2.24, 2.45) is 0 Å². The van der Waals surface area contributed by atoms with Crippen LogP contribution in [0.4, 0.5) is 4.39 Å². The van der Waals surface area contributed by atoms with Crippen molar-refractivity contribution in [1.82, 2.24) is 9.97 Å². The standard InChI is InChI=1S/C14H9Cl2FN2S/c1-6-7(2)20-14-11(6)12(16)18-13(19-14)9-4-3-8(15)5-10(9)17/h3-5H,1-2H3. The highest BCUT2D eigenvalue weighted by Gasteiger charge is 2.16. The molecule has 0 saturated carbocycles. The molecule has 2 aromatic heterocycles. The number of thiophene rings is 1. The first-order valence-electron chi connectivity index (χ1n) is 5.86. The van der Waals surface area contributed by atoms with Gasteiger partial charge >= 0.3 is 0 Å². The van der Waals surface area contributed by atoms with Gasteiger partial charge in [-0.1, -0.05) is 23.2 Å². The topological polar surface area (TPSA) is 25.8 Å². The predicted molar refractivity (Wildman–Crippen MR) is 82.3 cm³/mol. The number of nitrogens with zero attached hydrogens (tertiary/aromatic N) is 2. The average molecular weight is 327 g/mol. The summed E-state index contributed by atoms with van der Waals surface area (Å²) < 4.78 is 13.9. The van der Waals surface area contributed by atoms with E-state index in [4.69, 9.17) is 23.2 Å². The van der Waals surface area contributed by atoms with Gasteiger partial charge in [-0.25, -0.2) is 14.4 Å². The van der Waals surface area contributed by atoms with Crippen LogP contribution in [0.5, 0.6) is 0 Å². The second-order valence-corrected chi connectivity index (χ2v) is 6.42. The Labute approximate surface area is 129 Å². The first kappa shape index (κ1) is 13.7. The molecule has 0 radical (unpaired) electrons. The van der Waals surface area contributed by atoms with E-state index in [2.05, 4.69) is 9.97 Å². The van der Waals surface area contributed by atoms with Gasteiger partial charge in [0.2, 0.25) is 0 Å². The SMILES string of the molecule is Cc1sc2nc(-c3ccc(Cl)cc3F)nc(Cl)c2c1C. The van der Waals surface area contributed by atoms with E-state index in [0.29, 0.717) is 15.7 Å². The number of hydrogen-bond donors (Lipinski definition) is 0. The maximum absolute atomic E-state index is 13.9. The maximum atomic E-state index is 13.9. The van der Waals surface area contributed by atoms with Gasteiger partial charge in [-0.3, -0.25) is 0 Å². The van der Waals surface area contributed by atoms with E-state index in [-0.39, 0.29) is 5.82 Å². The first-order chi connectivity index (χ1) is 9.47. The van der Waals surface area contributed by atoms with Gasteiger partial charge in [0.1, 0.15) is 15.8 Å². The molecule has 20 heavy (non-hydrogen) atoms. The van der Waals surface area contributed by atoms with Gasteiger partial charge < -0.3 is 0 Å². The molecule has 0 saturated heterocycles. The Hall–Kier alpha value is -1.23. The molecule has 0 atom stereocenters. The zero-order valence-electron chi connectivity index (χ0n) is 10.7. The lowest BCUT2D eigenvalue weighted by molar-refractivity contribution is 0.630. The fourth-order valence-electron chi connectivity index (χ4n) is 1.99. The lowest BCUT2D eigenvalue weighted by Crippen LogP contribution is -1.93. The fourth-order valence-corrected chi connectivity index (χ4v) is 3.55. The molecule has 0 bridgehead atoms. The summed E-state index contributed by atoms with van der Waals surface area (Å²) in [4.78, 5) is 10.5. The number of fused-ring (bicyclic) bond motifs is 1. The van der Waals surface area contributed by atoms with Crippen molar-refractivity contribution in [2.45, 2.75) is 13.8 Å². The molecule has 3 rings (SSSR count). The highest BCUT2D eigenvalue weighted by molar-refractivity contribution is 7.18. The number of benzene rings is 1. The summed E-state index contributed by atoms with van der Waals surface area (Å²) in [5.41, 5.74) is 1.36. The molecule has 1 aromatic carbocycles. The Balaban J connectivity index is 2.27. The van der Waals surface area contributed by atoms with Crippen molar-refractivity contribution in [3.63, 3.8) is 0 Å². The van der Waals surface area contributed by atoms with Gasteiger partial charge in [-0.05, 0) is 37.6 Å². The van der Waals surface area contributed by atoms with Crippen LogP contribution in [0.1, 0.15) is 10.4 Å². The van der Waals surface area contributed by atoms with Crippen LogP contribution < -0.4 is 0 Å². The van der Waals surface area contributed by atoms with Crippen LogP contribution in [0.3, 0.4) is 0 Å². The smallest absolute Gasteiger partial charge is 0.165 e. The molecule has 2 heterocycles. The Morgan fingerprint density at radius 2 is 1.90 bits per heavy atom. The molecule has 0 spiro atoms. The zero-order chi connectivity index (χ0) is 14.4. The minimum absolute atomic E-state index is 0.276. The molecule has 102 valence electrons. The summed E-state index contributed by atoms with van der Waals surface area (Å²) >= 11 is 13.5. The van der Waals surface area contributed by atoms with Crippen molar-refractivity contribution in [3.05, 3.63) is 44.6 Å². The molecule has 0 aliphatic rings. The van der Waals surface area contributed by atoms with Crippen LogP contribution in [-0.4, -0.2) is 9.97 Å². The summed E-state index contributed by atoms with van der Waals surface area (Å²) in [7, 11) is 0. The summed E-state index contributed by atoms with van der Waals surface area (Å²) in [6.45, 7) is 3.98. The van der Waals surface area contributed by atoms with E-state index in [1.165, 1.54) is 17.4 Å². The summed E-state index contributed by atoms with van der Waals surface area (Å²) in [6, 6.07) is 4.40. The molecular weight excluding hydrogens is 318 g/mol. The third-order valence-electron chi connectivity index (χ3n) is 3.16. The lowest BCUT2D eigenvalue weighted by atomic mass is 10.2. The summed E-state index contributed by atoms with van der Waals surface area (Å²) in [5, 5.41) is 1.52. The number of rotatable bonds is 1. The molecule has 0 aliphatic heterocycles. The fraction of sp³-hybridized carbons (Fsp3) is 0.143. The van der Waals surface area contributed by atoms with Crippen molar-refractivity contribution >= 4 is 44.8 Å². The third-order valence-corrected chi connectivity index (χ3v) is 4.77. The van der Waals surface area contributed by atoms with Crippen molar-refractivity contribution in [1.29, 1.82) is 0 Å². The highest BCUT2D eigenvalue weighted by atomic mass is 35.5. The number of aromatic nitrogens is 2. The van der Waals surface area contributed by atoms with E-state index in [9.17, 15) is 4.39 Å². The van der Waals surface area contributed by atoms with Gasteiger partial charge in [0.15, 0.2) is 5.82 Å². The quantitative estimate of drug-likeness (QED) is 0.558. The highest BCUT2D eigenvalue weighted by Crippen LogP contribution is 2.35. The van der Waals surface area contributed by atoms with Gasteiger partial charge in [0, 0.05) is 9.90 Å². The van der Waals surface area contributed by atoms with E-state index in [0.717, 1.165) is 20.7 Å². The lowest BCUT2D eigenvalue weighted by Gasteiger charge is -2.04. The normalized spacial score (nSPS) is 11.2. The van der Waals surface area contributed by atoms with Crippen LogP contribution in [0, 0.1) is 19.7 Å². The van der Waals surface area contributed by atoms with Crippen LogP contribution in [0.2, 0.25) is 10.2 Å².